The van der Waals surface area contributed by atoms with Crippen LogP contribution in [0.3, 0.4) is 0 Å². The standard InChI is InChI=1S/C32H38FN3O4S/c1-18-15-27(41-6)26(31(38)35-18)17-34-30(37)24-16-25(20-7-11-22(33)12-8-20)29-28(19(24)2)39-32(3,40-29)21-9-13-23(14-10-21)36(4)5/h7-8,11-12,15-16,21,23H,9-10,13-14,17H2,1-6H3,(H,34,37)(H,35,38). The summed E-state index contributed by atoms with van der Waals surface area (Å²) in [5.41, 5.74) is 3.53. The van der Waals surface area contributed by atoms with Crippen LogP contribution in [0.25, 0.3) is 11.1 Å². The van der Waals surface area contributed by atoms with Crippen molar-refractivity contribution in [2.45, 2.75) is 69.7 Å². The lowest BCUT2D eigenvalue weighted by atomic mass is 9.81. The Bertz CT molecular complexity index is 1510. The van der Waals surface area contributed by atoms with E-state index < -0.39 is 5.79 Å². The molecule has 1 saturated carbocycles. The summed E-state index contributed by atoms with van der Waals surface area (Å²) in [6, 6.07) is 10.4. The number of carbonyl (C=O) groups excluding carboxylic acids is 1. The van der Waals surface area contributed by atoms with Crippen LogP contribution in [0.2, 0.25) is 0 Å². The second kappa shape index (κ2) is 11.5. The van der Waals surface area contributed by atoms with Gasteiger partial charge in [0.15, 0.2) is 11.5 Å². The van der Waals surface area contributed by atoms with Crippen LogP contribution < -0.4 is 20.3 Å². The van der Waals surface area contributed by atoms with E-state index in [0.717, 1.165) is 41.8 Å². The smallest absolute Gasteiger partial charge is 0.254 e. The molecule has 0 bridgehead atoms. The van der Waals surface area contributed by atoms with Gasteiger partial charge in [0.05, 0.1) is 0 Å². The van der Waals surface area contributed by atoms with E-state index in [1.54, 1.807) is 18.2 Å². The Morgan fingerprint density at radius 3 is 2.39 bits per heavy atom. The van der Waals surface area contributed by atoms with Crippen molar-refractivity contribution in [2.24, 2.45) is 5.92 Å². The number of H-pyrrole nitrogens is 1. The Kier molecular flexibility index (Phi) is 8.21. The Labute approximate surface area is 244 Å². The summed E-state index contributed by atoms with van der Waals surface area (Å²) < 4.78 is 27.1. The van der Waals surface area contributed by atoms with Crippen molar-refractivity contribution in [2.75, 3.05) is 20.4 Å². The molecule has 7 nitrogen and oxygen atoms in total. The third-order valence-corrected chi connectivity index (χ3v) is 9.34. The number of rotatable bonds is 7. The van der Waals surface area contributed by atoms with E-state index in [-0.39, 0.29) is 29.7 Å². The van der Waals surface area contributed by atoms with Crippen molar-refractivity contribution in [3.05, 3.63) is 75.0 Å². The van der Waals surface area contributed by atoms with Crippen LogP contribution in [0.5, 0.6) is 11.5 Å². The minimum Gasteiger partial charge on any atom is -0.448 e. The second-order valence-electron chi connectivity index (χ2n) is 11.5. The molecule has 1 atom stereocenters. The normalized spacial score (nSPS) is 21.8. The highest BCUT2D eigenvalue weighted by atomic mass is 32.2. The van der Waals surface area contributed by atoms with Crippen LogP contribution in [0.15, 0.2) is 46.1 Å². The number of aromatic amines is 1. The Morgan fingerprint density at radius 2 is 1.76 bits per heavy atom. The summed E-state index contributed by atoms with van der Waals surface area (Å²) in [6.45, 7) is 5.75. The number of benzene rings is 2. The van der Waals surface area contributed by atoms with Gasteiger partial charge in [-0.1, -0.05) is 12.1 Å². The highest BCUT2D eigenvalue weighted by molar-refractivity contribution is 7.98. The number of aryl methyl sites for hydroxylation is 1. The van der Waals surface area contributed by atoms with Gasteiger partial charge < -0.3 is 24.7 Å². The molecular weight excluding hydrogens is 541 g/mol. The van der Waals surface area contributed by atoms with E-state index in [1.807, 2.05) is 33.1 Å². The van der Waals surface area contributed by atoms with Crippen molar-refractivity contribution >= 4 is 17.7 Å². The molecule has 1 aliphatic carbocycles. The molecule has 9 heteroatoms. The number of hydrogen-bond donors (Lipinski definition) is 2. The lowest BCUT2D eigenvalue weighted by molar-refractivity contribution is -0.123. The topological polar surface area (TPSA) is 83.7 Å². The molecule has 0 saturated heterocycles. The maximum absolute atomic E-state index is 13.8. The molecule has 1 unspecified atom stereocenters. The van der Waals surface area contributed by atoms with Crippen molar-refractivity contribution in [3.8, 4) is 22.6 Å². The summed E-state index contributed by atoms with van der Waals surface area (Å²) in [6.07, 6.45) is 5.96. The van der Waals surface area contributed by atoms with Gasteiger partial charge in [-0.3, -0.25) is 9.59 Å². The van der Waals surface area contributed by atoms with Gasteiger partial charge >= 0.3 is 0 Å². The van der Waals surface area contributed by atoms with Gasteiger partial charge in [-0.25, -0.2) is 4.39 Å². The minimum absolute atomic E-state index is 0.0806. The van der Waals surface area contributed by atoms with Crippen LogP contribution >= 0.6 is 11.8 Å². The molecule has 2 heterocycles. The van der Waals surface area contributed by atoms with Gasteiger partial charge in [0, 0.05) is 58.3 Å². The monoisotopic (exact) mass is 579 g/mol. The average molecular weight is 580 g/mol. The summed E-state index contributed by atoms with van der Waals surface area (Å²) in [4.78, 5) is 32.2. The van der Waals surface area contributed by atoms with Crippen LogP contribution in [-0.4, -0.2) is 48.0 Å². The number of pyridine rings is 1. The zero-order valence-electron chi connectivity index (χ0n) is 24.5. The zero-order chi connectivity index (χ0) is 29.5. The quantitative estimate of drug-likeness (QED) is 0.331. The number of aromatic nitrogens is 1. The maximum Gasteiger partial charge on any atom is 0.254 e. The SMILES string of the molecule is CSc1cc(C)[nH]c(=O)c1CNC(=O)c1cc(-c2ccc(F)cc2)c2c(c1C)OC(C)(C1CCC(N(C)C)CC1)O2. The lowest BCUT2D eigenvalue weighted by Gasteiger charge is -2.39. The number of hydrogen-bond acceptors (Lipinski definition) is 6. The average Bonchev–Trinajstić information content (AvgIpc) is 3.32. The van der Waals surface area contributed by atoms with Gasteiger partial charge in [-0.05, 0) is 89.7 Å². The maximum atomic E-state index is 13.8. The van der Waals surface area contributed by atoms with E-state index in [2.05, 4.69) is 29.3 Å². The number of carbonyl (C=O) groups is 1. The van der Waals surface area contributed by atoms with E-state index >= 15 is 0 Å². The zero-order valence-corrected chi connectivity index (χ0v) is 25.3. The van der Waals surface area contributed by atoms with E-state index in [0.29, 0.717) is 39.8 Å². The van der Waals surface area contributed by atoms with Crippen molar-refractivity contribution in [1.29, 1.82) is 0 Å². The molecule has 5 rings (SSSR count). The number of ether oxygens (including phenoxy) is 2. The Balaban J connectivity index is 1.49. The van der Waals surface area contributed by atoms with E-state index in [4.69, 9.17) is 9.47 Å². The molecule has 0 spiro atoms. The lowest BCUT2D eigenvalue weighted by Crippen LogP contribution is -2.46. The number of thioether (sulfide) groups is 1. The Morgan fingerprint density at radius 1 is 1.10 bits per heavy atom. The van der Waals surface area contributed by atoms with Gasteiger partial charge in [0.1, 0.15) is 5.82 Å². The molecule has 2 aliphatic rings. The number of nitrogens with one attached hydrogen (secondary N) is 2. The molecule has 1 aromatic heterocycles. The van der Waals surface area contributed by atoms with Crippen molar-refractivity contribution in [1.82, 2.24) is 15.2 Å². The van der Waals surface area contributed by atoms with Crippen LogP contribution in [0.1, 0.15) is 59.8 Å². The molecule has 1 fully saturated rings. The largest absolute Gasteiger partial charge is 0.448 e. The fourth-order valence-corrected chi connectivity index (χ4v) is 6.75. The highest BCUT2D eigenvalue weighted by Gasteiger charge is 2.47. The first kappa shape index (κ1) is 29.2. The first-order chi connectivity index (χ1) is 19.5. The molecule has 41 heavy (non-hydrogen) atoms. The molecule has 1 aliphatic heterocycles. The molecule has 1 amide bonds. The van der Waals surface area contributed by atoms with Crippen molar-refractivity contribution < 1.29 is 18.7 Å². The first-order valence-corrected chi connectivity index (χ1v) is 15.3. The summed E-state index contributed by atoms with van der Waals surface area (Å²) >= 11 is 1.47. The van der Waals surface area contributed by atoms with E-state index in [1.165, 1.54) is 23.9 Å². The molecule has 2 N–H and O–H groups in total. The predicted octanol–water partition coefficient (Wildman–Crippen LogP) is 6.06. The van der Waals surface area contributed by atoms with Gasteiger partial charge in [0.25, 0.3) is 17.3 Å². The third-order valence-electron chi connectivity index (χ3n) is 8.54. The van der Waals surface area contributed by atoms with Crippen LogP contribution in [0, 0.1) is 25.6 Å². The molecule has 2 aromatic carbocycles. The van der Waals surface area contributed by atoms with Crippen LogP contribution in [-0.2, 0) is 6.54 Å². The molecular formula is C32H38FN3O4S. The third kappa shape index (κ3) is 5.75. The van der Waals surface area contributed by atoms with Gasteiger partial charge in [-0.2, -0.15) is 0 Å². The van der Waals surface area contributed by atoms with Crippen molar-refractivity contribution in [3.63, 3.8) is 0 Å². The number of amides is 1. The first-order valence-electron chi connectivity index (χ1n) is 14.0. The van der Waals surface area contributed by atoms with Crippen LogP contribution in [0.4, 0.5) is 4.39 Å². The highest BCUT2D eigenvalue weighted by Crippen LogP contribution is 2.52. The fraction of sp³-hybridized carbons (Fsp3) is 0.438. The summed E-state index contributed by atoms with van der Waals surface area (Å²) in [7, 11) is 4.24. The molecule has 0 radical (unpaired) electrons. The number of halogens is 1. The molecule has 218 valence electrons. The van der Waals surface area contributed by atoms with E-state index in [9.17, 15) is 14.0 Å². The summed E-state index contributed by atoms with van der Waals surface area (Å²) in [5, 5.41) is 2.94. The number of nitrogens with zero attached hydrogens (tertiary/aromatic N) is 1. The number of fused-ring (bicyclic) bond motifs is 1. The predicted molar refractivity (Wildman–Crippen MR) is 160 cm³/mol. The Hall–Kier alpha value is -3.30. The minimum atomic E-state index is -0.878. The van der Waals surface area contributed by atoms with Gasteiger partial charge in [0.2, 0.25) is 0 Å². The van der Waals surface area contributed by atoms with Gasteiger partial charge in [-0.15, -0.1) is 11.8 Å². The second-order valence-corrected chi connectivity index (χ2v) is 12.3. The fourth-order valence-electron chi connectivity index (χ4n) is 6.05. The summed E-state index contributed by atoms with van der Waals surface area (Å²) in [5.74, 6) is -0.263. The molecule has 3 aromatic rings.